The van der Waals surface area contributed by atoms with E-state index in [4.69, 9.17) is 4.74 Å². The summed E-state index contributed by atoms with van der Waals surface area (Å²) >= 11 is 0. The molecular weight excluding hydrogens is 362 g/mol. The Kier molecular flexibility index (Phi) is 6.28. The lowest BCUT2D eigenvalue weighted by Crippen LogP contribution is -2.35. The Bertz CT molecular complexity index is 773. The Morgan fingerprint density at radius 1 is 1.21 bits per heavy atom. The normalized spacial score (nSPS) is 19.5. The Labute approximate surface area is 163 Å². The topological polar surface area (TPSA) is 105 Å². The van der Waals surface area contributed by atoms with E-state index in [2.05, 4.69) is 10.6 Å². The molecule has 0 bridgehead atoms. The van der Waals surface area contributed by atoms with Crippen molar-refractivity contribution in [2.24, 2.45) is 5.92 Å². The predicted molar refractivity (Wildman–Crippen MR) is 101 cm³/mol. The number of hydrogen-bond acceptors (Lipinski definition) is 5. The number of carbonyl (C=O) groups excluding carboxylic acids is 4. The minimum atomic E-state index is -0.525. The van der Waals surface area contributed by atoms with Crippen LogP contribution in [0.1, 0.15) is 42.5 Å². The van der Waals surface area contributed by atoms with Crippen molar-refractivity contribution in [3.63, 3.8) is 0 Å². The van der Waals surface area contributed by atoms with E-state index in [0.717, 1.165) is 25.7 Å². The van der Waals surface area contributed by atoms with Gasteiger partial charge in [-0.15, -0.1) is 0 Å². The zero-order valence-electron chi connectivity index (χ0n) is 15.9. The third-order valence-electron chi connectivity index (χ3n) is 5.24. The van der Waals surface area contributed by atoms with Crippen LogP contribution in [-0.2, 0) is 19.1 Å². The lowest BCUT2D eigenvalue weighted by atomic mass is 10.1. The summed E-state index contributed by atoms with van der Waals surface area (Å²) in [5.41, 5.74) is 0.847. The van der Waals surface area contributed by atoms with E-state index in [1.807, 2.05) is 0 Å². The van der Waals surface area contributed by atoms with Gasteiger partial charge in [0.1, 0.15) is 0 Å². The second-order valence-corrected chi connectivity index (χ2v) is 7.20. The molecule has 8 heteroatoms. The van der Waals surface area contributed by atoms with Crippen LogP contribution >= 0.6 is 0 Å². The van der Waals surface area contributed by atoms with Crippen molar-refractivity contribution < 1.29 is 23.9 Å². The third kappa shape index (κ3) is 4.68. The monoisotopic (exact) mass is 387 g/mol. The van der Waals surface area contributed by atoms with Gasteiger partial charge in [0.2, 0.25) is 5.91 Å². The van der Waals surface area contributed by atoms with Gasteiger partial charge in [0.15, 0.2) is 6.61 Å². The number of rotatable bonds is 6. The molecule has 1 aromatic carbocycles. The van der Waals surface area contributed by atoms with Crippen molar-refractivity contribution in [3.8, 4) is 0 Å². The molecule has 3 rings (SSSR count). The van der Waals surface area contributed by atoms with Gasteiger partial charge < -0.3 is 20.3 Å². The Morgan fingerprint density at radius 2 is 1.96 bits per heavy atom. The van der Waals surface area contributed by atoms with Crippen molar-refractivity contribution in [1.29, 1.82) is 0 Å². The lowest BCUT2D eigenvalue weighted by molar-refractivity contribution is -0.151. The number of anilines is 1. The zero-order chi connectivity index (χ0) is 20.1. The highest BCUT2D eigenvalue weighted by molar-refractivity contribution is 5.97. The van der Waals surface area contributed by atoms with E-state index >= 15 is 0 Å². The number of nitrogens with zero attached hydrogens (tertiary/aromatic N) is 1. The summed E-state index contributed by atoms with van der Waals surface area (Å²) in [5.74, 6) is -1.82. The van der Waals surface area contributed by atoms with E-state index in [9.17, 15) is 19.2 Å². The van der Waals surface area contributed by atoms with Crippen LogP contribution in [0.2, 0.25) is 0 Å². The molecule has 150 valence electrons. The molecule has 1 aromatic rings. The zero-order valence-corrected chi connectivity index (χ0v) is 15.9. The summed E-state index contributed by atoms with van der Waals surface area (Å²) in [6, 6.07) is 6.69. The molecule has 1 heterocycles. The van der Waals surface area contributed by atoms with Crippen molar-refractivity contribution >= 4 is 29.4 Å². The molecule has 28 heavy (non-hydrogen) atoms. The Balaban J connectivity index is 1.47. The van der Waals surface area contributed by atoms with Gasteiger partial charge in [0.05, 0.1) is 5.92 Å². The molecule has 2 N–H and O–H groups in total. The van der Waals surface area contributed by atoms with E-state index in [-0.39, 0.29) is 24.3 Å². The van der Waals surface area contributed by atoms with Crippen LogP contribution in [0.5, 0.6) is 0 Å². The molecule has 1 atom stereocenters. The summed E-state index contributed by atoms with van der Waals surface area (Å²) in [4.78, 5) is 49.9. The number of likely N-dealkylation sites (tertiary alicyclic amines) is 1. The first-order valence-electron chi connectivity index (χ1n) is 9.56. The molecule has 0 radical (unpaired) electrons. The Hall–Kier alpha value is -2.90. The average Bonchev–Trinajstić information content (AvgIpc) is 3.35. The highest BCUT2D eigenvalue weighted by atomic mass is 16.5. The first-order chi connectivity index (χ1) is 13.5. The summed E-state index contributed by atoms with van der Waals surface area (Å²) in [7, 11) is 1.52. The Morgan fingerprint density at radius 3 is 2.68 bits per heavy atom. The summed E-state index contributed by atoms with van der Waals surface area (Å²) in [5, 5.41) is 5.10. The van der Waals surface area contributed by atoms with E-state index in [1.54, 1.807) is 23.1 Å². The molecule has 8 nitrogen and oxygen atoms in total. The fourth-order valence-corrected chi connectivity index (χ4v) is 3.79. The minimum Gasteiger partial charge on any atom is -0.455 e. The molecule has 3 amide bonds. The van der Waals surface area contributed by atoms with Crippen LogP contribution in [0, 0.1) is 5.92 Å². The van der Waals surface area contributed by atoms with Gasteiger partial charge >= 0.3 is 5.97 Å². The molecule has 1 aliphatic carbocycles. The van der Waals surface area contributed by atoms with Crippen molar-refractivity contribution in [3.05, 3.63) is 29.8 Å². The summed E-state index contributed by atoms with van der Waals surface area (Å²) < 4.78 is 5.11. The standard InChI is InChI=1S/C20H25N3O5/c1-21-19(26)13-5-4-6-15(9-13)22-17(24)12-28-20(27)14-10-18(25)23(11-14)16-7-2-3-8-16/h4-6,9,14,16H,2-3,7-8,10-12H2,1H3,(H,21,26)(H,22,24)/t14-/m1/s1. The molecule has 1 saturated heterocycles. The summed E-state index contributed by atoms with van der Waals surface area (Å²) in [6.45, 7) is -0.0602. The number of ether oxygens (including phenoxy) is 1. The number of amides is 3. The highest BCUT2D eigenvalue weighted by Gasteiger charge is 2.39. The van der Waals surface area contributed by atoms with E-state index in [0.29, 0.717) is 17.8 Å². The molecular formula is C20H25N3O5. The maximum Gasteiger partial charge on any atom is 0.311 e. The molecule has 0 spiro atoms. The van der Waals surface area contributed by atoms with Crippen LogP contribution in [0.25, 0.3) is 0 Å². The second-order valence-electron chi connectivity index (χ2n) is 7.20. The van der Waals surface area contributed by atoms with Crippen LogP contribution in [-0.4, -0.2) is 54.8 Å². The van der Waals surface area contributed by atoms with E-state index in [1.165, 1.54) is 13.1 Å². The quantitative estimate of drug-likeness (QED) is 0.717. The highest BCUT2D eigenvalue weighted by Crippen LogP contribution is 2.29. The maximum atomic E-state index is 12.3. The van der Waals surface area contributed by atoms with Gasteiger partial charge in [-0.2, -0.15) is 0 Å². The van der Waals surface area contributed by atoms with Crippen molar-refractivity contribution in [2.45, 2.75) is 38.1 Å². The van der Waals surface area contributed by atoms with Crippen LogP contribution < -0.4 is 10.6 Å². The van der Waals surface area contributed by atoms with Crippen LogP contribution in [0.3, 0.4) is 0 Å². The van der Waals surface area contributed by atoms with Gasteiger partial charge in [-0.3, -0.25) is 19.2 Å². The van der Waals surface area contributed by atoms with Crippen molar-refractivity contribution in [2.75, 3.05) is 25.5 Å². The number of benzene rings is 1. The van der Waals surface area contributed by atoms with Gasteiger partial charge in [-0.05, 0) is 31.0 Å². The predicted octanol–water partition coefficient (Wildman–Crippen LogP) is 1.32. The first-order valence-corrected chi connectivity index (χ1v) is 9.56. The molecule has 2 fully saturated rings. The SMILES string of the molecule is CNC(=O)c1cccc(NC(=O)COC(=O)[C@@H]2CC(=O)N(C3CCCC3)C2)c1. The van der Waals surface area contributed by atoms with Gasteiger partial charge in [-0.25, -0.2) is 0 Å². The maximum absolute atomic E-state index is 12.3. The first kappa shape index (κ1) is 19.9. The average molecular weight is 387 g/mol. The molecule has 0 aromatic heterocycles. The van der Waals surface area contributed by atoms with Crippen LogP contribution in [0.15, 0.2) is 24.3 Å². The van der Waals surface area contributed by atoms with Crippen molar-refractivity contribution in [1.82, 2.24) is 10.2 Å². The number of carbonyl (C=O) groups is 4. The number of nitrogens with one attached hydrogen (secondary N) is 2. The number of esters is 1. The smallest absolute Gasteiger partial charge is 0.311 e. The lowest BCUT2D eigenvalue weighted by Gasteiger charge is -2.23. The minimum absolute atomic E-state index is 0.00989. The third-order valence-corrected chi connectivity index (χ3v) is 5.24. The fraction of sp³-hybridized carbons (Fsp3) is 0.500. The molecule has 0 unspecified atom stereocenters. The molecule has 2 aliphatic rings. The second kappa shape index (κ2) is 8.86. The van der Waals surface area contributed by atoms with Gasteiger partial charge in [0, 0.05) is 37.3 Å². The molecule has 1 aliphatic heterocycles. The summed E-state index contributed by atoms with van der Waals surface area (Å²) in [6.07, 6.45) is 4.36. The van der Waals surface area contributed by atoms with Crippen LogP contribution in [0.4, 0.5) is 5.69 Å². The van der Waals surface area contributed by atoms with Gasteiger partial charge in [-0.1, -0.05) is 18.9 Å². The number of hydrogen-bond donors (Lipinski definition) is 2. The largest absolute Gasteiger partial charge is 0.455 e. The van der Waals surface area contributed by atoms with Gasteiger partial charge in [0.25, 0.3) is 11.8 Å². The fourth-order valence-electron chi connectivity index (χ4n) is 3.79. The van der Waals surface area contributed by atoms with E-state index < -0.39 is 24.4 Å². The molecule has 1 saturated carbocycles.